The van der Waals surface area contributed by atoms with Gasteiger partial charge in [-0.15, -0.1) is 0 Å². The standard InChI is InChI=1S/C13H27NO/c1-2-3-4-5-6-7-8-13(14)9-11-15-12-10-13/h2-12,14H2,1H3. The molecule has 90 valence electrons. The van der Waals surface area contributed by atoms with Gasteiger partial charge in [-0.05, 0) is 19.3 Å². The van der Waals surface area contributed by atoms with Gasteiger partial charge in [-0.25, -0.2) is 0 Å². The third kappa shape index (κ3) is 5.53. The summed E-state index contributed by atoms with van der Waals surface area (Å²) in [5, 5.41) is 0. The fraction of sp³-hybridized carbons (Fsp3) is 1.00. The van der Waals surface area contributed by atoms with Gasteiger partial charge in [-0.1, -0.05) is 45.4 Å². The van der Waals surface area contributed by atoms with Crippen molar-refractivity contribution in [3.63, 3.8) is 0 Å². The molecular formula is C13H27NO. The van der Waals surface area contributed by atoms with Crippen LogP contribution in [0.2, 0.25) is 0 Å². The fourth-order valence-electron chi connectivity index (χ4n) is 2.29. The smallest absolute Gasteiger partial charge is 0.0483 e. The summed E-state index contributed by atoms with van der Waals surface area (Å²) in [6.07, 6.45) is 11.5. The Labute approximate surface area is 94.6 Å². The van der Waals surface area contributed by atoms with E-state index in [-0.39, 0.29) is 5.54 Å². The highest BCUT2D eigenvalue weighted by Gasteiger charge is 2.26. The lowest BCUT2D eigenvalue weighted by Crippen LogP contribution is -2.44. The summed E-state index contributed by atoms with van der Waals surface area (Å²) in [6, 6.07) is 0. The summed E-state index contributed by atoms with van der Waals surface area (Å²) in [4.78, 5) is 0. The minimum atomic E-state index is 0.100. The number of nitrogens with two attached hydrogens (primary N) is 1. The number of ether oxygens (including phenoxy) is 1. The molecule has 0 aromatic carbocycles. The van der Waals surface area contributed by atoms with Crippen LogP contribution >= 0.6 is 0 Å². The van der Waals surface area contributed by atoms with Crippen LogP contribution in [-0.4, -0.2) is 18.8 Å². The van der Waals surface area contributed by atoms with E-state index >= 15 is 0 Å². The predicted molar refractivity (Wildman–Crippen MR) is 65.0 cm³/mol. The van der Waals surface area contributed by atoms with Gasteiger partial charge >= 0.3 is 0 Å². The maximum atomic E-state index is 6.32. The Hall–Kier alpha value is -0.0800. The zero-order chi connectivity index (χ0) is 11.0. The van der Waals surface area contributed by atoms with Crippen LogP contribution in [0.15, 0.2) is 0 Å². The molecule has 1 aliphatic heterocycles. The average molecular weight is 213 g/mol. The van der Waals surface area contributed by atoms with Gasteiger partial charge in [0.15, 0.2) is 0 Å². The van der Waals surface area contributed by atoms with Crippen molar-refractivity contribution < 1.29 is 4.74 Å². The Balaban J connectivity index is 1.98. The van der Waals surface area contributed by atoms with Crippen LogP contribution in [0.3, 0.4) is 0 Å². The molecule has 1 heterocycles. The van der Waals surface area contributed by atoms with Crippen molar-refractivity contribution in [1.82, 2.24) is 0 Å². The van der Waals surface area contributed by atoms with E-state index in [1.165, 1.54) is 44.9 Å². The summed E-state index contributed by atoms with van der Waals surface area (Å²) in [5.74, 6) is 0. The Kier molecular flexibility index (Phi) is 6.26. The predicted octanol–water partition coefficient (Wildman–Crippen LogP) is 3.24. The van der Waals surface area contributed by atoms with Gasteiger partial charge in [0.2, 0.25) is 0 Å². The first-order valence-electron chi connectivity index (χ1n) is 6.63. The second kappa shape index (κ2) is 7.24. The van der Waals surface area contributed by atoms with Crippen molar-refractivity contribution in [2.75, 3.05) is 13.2 Å². The van der Waals surface area contributed by atoms with Gasteiger partial charge in [0.1, 0.15) is 0 Å². The van der Waals surface area contributed by atoms with E-state index < -0.39 is 0 Å². The maximum absolute atomic E-state index is 6.32. The molecule has 1 fully saturated rings. The SMILES string of the molecule is CCCCCCCCC1(N)CCOCC1. The molecule has 0 saturated carbocycles. The highest BCUT2D eigenvalue weighted by Crippen LogP contribution is 2.24. The third-order valence-electron chi connectivity index (χ3n) is 3.52. The van der Waals surface area contributed by atoms with Crippen LogP contribution in [0.5, 0.6) is 0 Å². The largest absolute Gasteiger partial charge is 0.381 e. The van der Waals surface area contributed by atoms with Gasteiger partial charge in [0, 0.05) is 18.8 Å². The van der Waals surface area contributed by atoms with Crippen LogP contribution in [0.25, 0.3) is 0 Å². The summed E-state index contributed by atoms with van der Waals surface area (Å²) in [5.41, 5.74) is 6.42. The molecule has 2 N–H and O–H groups in total. The molecule has 0 aromatic heterocycles. The highest BCUT2D eigenvalue weighted by atomic mass is 16.5. The Morgan fingerprint density at radius 1 is 1.00 bits per heavy atom. The molecule has 0 aliphatic carbocycles. The molecule has 2 nitrogen and oxygen atoms in total. The molecule has 1 saturated heterocycles. The van der Waals surface area contributed by atoms with Crippen molar-refractivity contribution in [2.45, 2.75) is 70.3 Å². The van der Waals surface area contributed by atoms with Gasteiger partial charge in [-0.3, -0.25) is 0 Å². The quantitative estimate of drug-likeness (QED) is 0.659. The summed E-state index contributed by atoms with van der Waals surface area (Å²) >= 11 is 0. The lowest BCUT2D eigenvalue weighted by Gasteiger charge is -2.33. The molecule has 2 heteroatoms. The molecule has 0 radical (unpaired) electrons. The zero-order valence-corrected chi connectivity index (χ0v) is 10.3. The Morgan fingerprint density at radius 3 is 2.27 bits per heavy atom. The minimum Gasteiger partial charge on any atom is -0.381 e. The van der Waals surface area contributed by atoms with Crippen molar-refractivity contribution >= 4 is 0 Å². The van der Waals surface area contributed by atoms with Gasteiger partial charge in [0.25, 0.3) is 0 Å². The average Bonchev–Trinajstić information content (AvgIpc) is 2.24. The lowest BCUT2D eigenvalue weighted by molar-refractivity contribution is 0.0493. The van der Waals surface area contributed by atoms with Crippen LogP contribution in [0.4, 0.5) is 0 Å². The molecular weight excluding hydrogens is 186 g/mol. The summed E-state index contributed by atoms with van der Waals surface area (Å²) in [7, 11) is 0. The van der Waals surface area contributed by atoms with Crippen LogP contribution < -0.4 is 5.73 Å². The maximum Gasteiger partial charge on any atom is 0.0483 e. The van der Waals surface area contributed by atoms with Gasteiger partial charge in [0.05, 0.1) is 0 Å². The van der Waals surface area contributed by atoms with E-state index in [9.17, 15) is 0 Å². The first-order valence-corrected chi connectivity index (χ1v) is 6.63. The first-order chi connectivity index (χ1) is 7.27. The molecule has 0 aromatic rings. The lowest BCUT2D eigenvalue weighted by atomic mass is 9.86. The second-order valence-electron chi connectivity index (χ2n) is 4.99. The molecule has 0 bridgehead atoms. The topological polar surface area (TPSA) is 35.2 Å². The Bertz CT molecular complexity index is 153. The summed E-state index contributed by atoms with van der Waals surface area (Å²) < 4.78 is 5.34. The van der Waals surface area contributed by atoms with E-state index in [0.29, 0.717) is 0 Å². The molecule has 1 aliphatic rings. The number of hydrogen-bond acceptors (Lipinski definition) is 2. The first kappa shape index (κ1) is 13.0. The number of hydrogen-bond donors (Lipinski definition) is 1. The van der Waals surface area contributed by atoms with E-state index in [0.717, 1.165) is 26.1 Å². The van der Waals surface area contributed by atoms with Gasteiger partial charge in [-0.2, -0.15) is 0 Å². The Morgan fingerprint density at radius 2 is 1.60 bits per heavy atom. The van der Waals surface area contributed by atoms with Crippen LogP contribution in [0.1, 0.15) is 64.7 Å². The van der Waals surface area contributed by atoms with Crippen molar-refractivity contribution in [3.05, 3.63) is 0 Å². The monoisotopic (exact) mass is 213 g/mol. The van der Waals surface area contributed by atoms with E-state index in [1.807, 2.05) is 0 Å². The zero-order valence-electron chi connectivity index (χ0n) is 10.3. The second-order valence-corrected chi connectivity index (χ2v) is 4.99. The molecule has 15 heavy (non-hydrogen) atoms. The van der Waals surface area contributed by atoms with Gasteiger partial charge < -0.3 is 10.5 Å². The molecule has 1 rings (SSSR count). The number of rotatable bonds is 7. The number of unbranched alkanes of at least 4 members (excludes halogenated alkanes) is 5. The minimum absolute atomic E-state index is 0.100. The van der Waals surface area contributed by atoms with Crippen LogP contribution in [0, 0.1) is 0 Å². The molecule has 0 amide bonds. The van der Waals surface area contributed by atoms with Crippen molar-refractivity contribution in [2.24, 2.45) is 5.73 Å². The van der Waals surface area contributed by atoms with Crippen molar-refractivity contribution in [1.29, 1.82) is 0 Å². The highest BCUT2D eigenvalue weighted by molar-refractivity contribution is 4.85. The third-order valence-corrected chi connectivity index (χ3v) is 3.52. The van der Waals surface area contributed by atoms with E-state index in [4.69, 9.17) is 10.5 Å². The van der Waals surface area contributed by atoms with E-state index in [2.05, 4.69) is 6.92 Å². The summed E-state index contributed by atoms with van der Waals surface area (Å²) in [6.45, 7) is 4.00. The normalized spacial score (nSPS) is 20.4. The van der Waals surface area contributed by atoms with Crippen molar-refractivity contribution in [3.8, 4) is 0 Å². The molecule has 0 atom stereocenters. The van der Waals surface area contributed by atoms with Crippen LogP contribution in [-0.2, 0) is 4.74 Å². The fourth-order valence-corrected chi connectivity index (χ4v) is 2.29. The van der Waals surface area contributed by atoms with E-state index in [1.54, 1.807) is 0 Å². The molecule has 0 unspecified atom stereocenters. The molecule has 0 spiro atoms.